The van der Waals surface area contributed by atoms with E-state index in [1.54, 1.807) is 0 Å². The quantitative estimate of drug-likeness (QED) is 0.470. The Morgan fingerprint density at radius 3 is 2.52 bits per heavy atom. The number of nitrogens with one attached hydrogen (secondary N) is 1. The molecule has 0 aromatic rings. The molecule has 0 radical (unpaired) electrons. The third-order valence-electron chi connectivity index (χ3n) is 5.62. The van der Waals surface area contributed by atoms with Gasteiger partial charge in [-0.3, -0.25) is 14.9 Å². The number of carbonyl (C=O) groups excluding carboxylic acids is 2. The minimum absolute atomic E-state index is 0.176. The number of ketones is 1. The van der Waals surface area contributed by atoms with Gasteiger partial charge in [-0.05, 0) is 37.4 Å². The minimum Gasteiger partial charge on any atom is -0.298 e. The van der Waals surface area contributed by atoms with Crippen molar-refractivity contribution in [3.63, 3.8) is 0 Å². The maximum atomic E-state index is 12.4. The number of hydrogen-bond acceptors (Lipinski definition) is 4. The van der Waals surface area contributed by atoms with Crippen molar-refractivity contribution in [2.24, 2.45) is 11.8 Å². The number of carbonyl (C=O) groups is 2. The van der Waals surface area contributed by atoms with E-state index in [1.807, 2.05) is 13.8 Å². The Morgan fingerprint density at radius 1 is 1.16 bits per heavy atom. The Bertz CT molecular complexity index is 399. The molecule has 1 aliphatic rings. The molecule has 1 fully saturated rings. The highest BCUT2D eigenvalue weighted by molar-refractivity contribution is 8.13. The average Bonchev–Trinajstić information content (AvgIpc) is 2.59. The molecule has 146 valence electrons. The van der Waals surface area contributed by atoms with Gasteiger partial charge >= 0.3 is 0 Å². The van der Waals surface area contributed by atoms with Crippen LogP contribution < -0.4 is 5.32 Å². The fourth-order valence-electron chi connectivity index (χ4n) is 3.94. The molecule has 3 nitrogen and oxygen atoms in total. The second-order valence-electron chi connectivity index (χ2n) is 7.72. The Balaban J connectivity index is 2.28. The molecule has 0 saturated heterocycles. The van der Waals surface area contributed by atoms with Crippen LogP contribution in [0.25, 0.3) is 0 Å². The van der Waals surface area contributed by atoms with Gasteiger partial charge in [0, 0.05) is 6.42 Å². The normalized spacial score (nSPS) is 23.2. The summed E-state index contributed by atoms with van der Waals surface area (Å²) in [7, 11) is 0. The molecule has 1 rings (SSSR count). The van der Waals surface area contributed by atoms with E-state index in [-0.39, 0.29) is 23.0 Å². The second-order valence-corrected chi connectivity index (χ2v) is 8.98. The molecule has 1 aliphatic carbocycles. The Kier molecular flexibility index (Phi) is 11.7. The molecule has 0 aliphatic heterocycles. The van der Waals surface area contributed by atoms with Gasteiger partial charge in [-0.1, -0.05) is 77.5 Å². The minimum atomic E-state index is -0.216. The number of unbranched alkanes of at least 4 members (excludes halogenated alkanes) is 1. The van der Waals surface area contributed by atoms with Crippen molar-refractivity contribution in [3.05, 3.63) is 0 Å². The van der Waals surface area contributed by atoms with Crippen LogP contribution in [0.4, 0.5) is 0 Å². The first-order valence-corrected chi connectivity index (χ1v) is 11.4. The molecule has 0 heterocycles. The summed E-state index contributed by atoms with van der Waals surface area (Å²) in [6.45, 7) is 8.38. The van der Waals surface area contributed by atoms with Crippen molar-refractivity contribution >= 4 is 22.7 Å². The highest BCUT2D eigenvalue weighted by atomic mass is 32.2. The first-order chi connectivity index (χ1) is 12.0. The van der Waals surface area contributed by atoms with Crippen molar-refractivity contribution in [2.75, 3.05) is 5.75 Å². The highest BCUT2D eigenvalue weighted by Gasteiger charge is 2.23. The lowest BCUT2D eigenvalue weighted by Crippen LogP contribution is -2.44. The summed E-state index contributed by atoms with van der Waals surface area (Å²) in [4.78, 5) is 24.5. The van der Waals surface area contributed by atoms with Crippen molar-refractivity contribution < 1.29 is 9.59 Å². The van der Waals surface area contributed by atoms with Gasteiger partial charge in [0.05, 0.1) is 12.1 Å². The zero-order chi connectivity index (χ0) is 18.7. The average molecular weight is 370 g/mol. The van der Waals surface area contributed by atoms with Crippen molar-refractivity contribution in [2.45, 2.75) is 104 Å². The molecule has 0 aromatic carbocycles. The molecule has 1 saturated carbocycles. The third kappa shape index (κ3) is 8.72. The summed E-state index contributed by atoms with van der Waals surface area (Å²) >= 11 is 1.36. The first kappa shape index (κ1) is 22.7. The Hall–Kier alpha value is -0.350. The van der Waals surface area contributed by atoms with Crippen LogP contribution in [0, 0.1) is 11.8 Å². The monoisotopic (exact) mass is 369 g/mol. The number of hydrogen-bond donors (Lipinski definition) is 1. The van der Waals surface area contributed by atoms with Crippen LogP contribution in [0.3, 0.4) is 0 Å². The van der Waals surface area contributed by atoms with E-state index in [4.69, 9.17) is 0 Å². The SMILES string of the molecule is CCCC(NC(C)C(=O)CCCCC1CCCCC1C)C(=O)SCC. The summed E-state index contributed by atoms with van der Waals surface area (Å²) in [5.74, 6) is 2.79. The summed E-state index contributed by atoms with van der Waals surface area (Å²) in [5.41, 5.74) is 0. The number of Topliss-reactive ketones (excluding diaryl/α,β-unsaturated/α-hetero) is 1. The maximum Gasteiger partial charge on any atom is 0.205 e. The lowest BCUT2D eigenvalue weighted by Gasteiger charge is -2.28. The van der Waals surface area contributed by atoms with Gasteiger partial charge in [0.2, 0.25) is 5.12 Å². The molecule has 25 heavy (non-hydrogen) atoms. The van der Waals surface area contributed by atoms with Crippen molar-refractivity contribution in [3.8, 4) is 0 Å². The molecule has 0 bridgehead atoms. The Morgan fingerprint density at radius 2 is 1.88 bits per heavy atom. The van der Waals surface area contributed by atoms with E-state index in [9.17, 15) is 9.59 Å². The molecule has 4 unspecified atom stereocenters. The van der Waals surface area contributed by atoms with Crippen LogP contribution in [-0.2, 0) is 9.59 Å². The molecule has 0 amide bonds. The molecule has 4 atom stereocenters. The predicted molar refractivity (Wildman–Crippen MR) is 109 cm³/mol. The second kappa shape index (κ2) is 12.9. The molecule has 4 heteroatoms. The van der Waals surface area contributed by atoms with Gasteiger partial charge in [0.25, 0.3) is 0 Å². The van der Waals surface area contributed by atoms with E-state index in [1.165, 1.54) is 43.9 Å². The maximum absolute atomic E-state index is 12.4. The van der Waals surface area contributed by atoms with Gasteiger partial charge in [0.1, 0.15) is 5.78 Å². The van der Waals surface area contributed by atoms with Crippen LogP contribution in [0.2, 0.25) is 0 Å². The van der Waals surface area contributed by atoms with Crippen LogP contribution in [0.1, 0.15) is 91.9 Å². The van der Waals surface area contributed by atoms with Crippen LogP contribution in [0.5, 0.6) is 0 Å². The van der Waals surface area contributed by atoms with Gasteiger partial charge in [-0.25, -0.2) is 0 Å². The summed E-state index contributed by atoms with van der Waals surface area (Å²) in [6.07, 6.45) is 11.4. The highest BCUT2D eigenvalue weighted by Crippen LogP contribution is 2.33. The van der Waals surface area contributed by atoms with Crippen molar-refractivity contribution in [1.82, 2.24) is 5.32 Å². The zero-order valence-corrected chi connectivity index (χ0v) is 17.6. The van der Waals surface area contributed by atoms with E-state index in [0.29, 0.717) is 6.42 Å². The number of thioether (sulfide) groups is 1. The summed E-state index contributed by atoms with van der Waals surface area (Å²) in [5, 5.41) is 3.46. The van der Waals surface area contributed by atoms with Crippen LogP contribution >= 0.6 is 11.8 Å². The van der Waals surface area contributed by atoms with Gasteiger partial charge in [-0.15, -0.1) is 0 Å². The fourth-order valence-corrected chi connectivity index (χ4v) is 4.61. The molecule has 0 spiro atoms. The van der Waals surface area contributed by atoms with Crippen molar-refractivity contribution in [1.29, 1.82) is 0 Å². The predicted octanol–water partition coefficient (Wildman–Crippen LogP) is 5.37. The zero-order valence-electron chi connectivity index (χ0n) is 16.8. The first-order valence-electron chi connectivity index (χ1n) is 10.4. The lowest BCUT2D eigenvalue weighted by molar-refractivity contribution is -0.121. The van der Waals surface area contributed by atoms with Crippen LogP contribution in [0.15, 0.2) is 0 Å². The summed E-state index contributed by atoms with van der Waals surface area (Å²) in [6, 6.07) is -0.399. The van der Waals surface area contributed by atoms with Gasteiger partial charge in [0.15, 0.2) is 0 Å². The molecule has 0 aromatic heterocycles. The van der Waals surface area contributed by atoms with E-state index < -0.39 is 0 Å². The van der Waals surface area contributed by atoms with E-state index in [2.05, 4.69) is 19.2 Å². The molecular weight excluding hydrogens is 330 g/mol. The smallest absolute Gasteiger partial charge is 0.205 e. The van der Waals surface area contributed by atoms with E-state index >= 15 is 0 Å². The third-order valence-corrected chi connectivity index (χ3v) is 6.48. The van der Waals surface area contributed by atoms with Gasteiger partial charge < -0.3 is 0 Å². The fraction of sp³-hybridized carbons (Fsp3) is 0.905. The Labute approximate surface area is 159 Å². The topological polar surface area (TPSA) is 46.2 Å². The largest absolute Gasteiger partial charge is 0.298 e. The standard InChI is InChI=1S/C21H39NO2S/c1-5-11-19(21(24)25-6-2)22-17(4)20(23)15-10-9-14-18-13-8-7-12-16(18)3/h16-19,22H,5-15H2,1-4H3. The molecule has 1 N–H and O–H groups in total. The molecular formula is C21H39NO2S. The van der Waals surface area contributed by atoms with Gasteiger partial charge in [-0.2, -0.15) is 0 Å². The summed E-state index contributed by atoms with van der Waals surface area (Å²) < 4.78 is 0. The number of rotatable bonds is 12. The lowest BCUT2D eigenvalue weighted by atomic mass is 9.78. The van der Waals surface area contributed by atoms with Crippen LogP contribution in [-0.4, -0.2) is 28.7 Å². The van der Waals surface area contributed by atoms with E-state index in [0.717, 1.165) is 43.3 Å².